The Morgan fingerprint density at radius 3 is 2.80 bits per heavy atom. The predicted octanol–water partition coefficient (Wildman–Crippen LogP) is 2.80. The molecular weight excluding hydrogens is 225 g/mol. The second-order valence-corrected chi connectivity index (χ2v) is 4.73. The zero-order valence-corrected chi connectivity index (χ0v) is 9.42. The molecule has 1 unspecified atom stereocenters. The number of rotatable bonds is 4. The van der Waals surface area contributed by atoms with Gasteiger partial charge in [0.2, 0.25) is 0 Å². The van der Waals surface area contributed by atoms with Crippen LogP contribution in [0.3, 0.4) is 0 Å². The van der Waals surface area contributed by atoms with Gasteiger partial charge < -0.3 is 5.32 Å². The molecule has 0 amide bonds. The quantitative estimate of drug-likeness (QED) is 0.764. The van der Waals surface area contributed by atoms with Crippen molar-refractivity contribution in [2.45, 2.75) is 37.6 Å². The molecule has 0 aromatic carbocycles. The maximum Gasteiger partial charge on any atom is 0.389 e. The van der Waals surface area contributed by atoms with E-state index in [-0.39, 0.29) is 6.42 Å². The Labute approximate surface area is 91.7 Å². The molecule has 0 saturated heterocycles. The van der Waals surface area contributed by atoms with Crippen LogP contribution >= 0.6 is 11.8 Å². The molecule has 88 valence electrons. The Kier molecular flexibility index (Phi) is 4.76. The van der Waals surface area contributed by atoms with Gasteiger partial charge in [-0.3, -0.25) is 4.99 Å². The first-order valence-electron chi connectivity index (χ1n) is 5.03. The highest BCUT2D eigenvalue weighted by Crippen LogP contribution is 2.23. The molecule has 0 aromatic rings. The SMILES string of the molecule is CCC1CN=C(NCCCC(F)(F)F)S1. The molecule has 0 aliphatic carbocycles. The summed E-state index contributed by atoms with van der Waals surface area (Å²) < 4.78 is 35.4. The Morgan fingerprint density at radius 1 is 1.53 bits per heavy atom. The second-order valence-electron chi connectivity index (χ2n) is 3.44. The van der Waals surface area contributed by atoms with Crippen LogP contribution in [0.25, 0.3) is 0 Å². The van der Waals surface area contributed by atoms with E-state index >= 15 is 0 Å². The lowest BCUT2D eigenvalue weighted by molar-refractivity contribution is -0.135. The van der Waals surface area contributed by atoms with Crippen molar-refractivity contribution in [2.75, 3.05) is 13.1 Å². The standard InChI is InChI=1S/C9H15F3N2S/c1-2-7-6-14-8(15-7)13-5-3-4-9(10,11)12/h7H,2-6H2,1H3,(H,13,14). The van der Waals surface area contributed by atoms with Crippen LogP contribution in [0, 0.1) is 0 Å². The van der Waals surface area contributed by atoms with Gasteiger partial charge >= 0.3 is 6.18 Å². The molecule has 1 N–H and O–H groups in total. The van der Waals surface area contributed by atoms with Crippen molar-refractivity contribution in [1.29, 1.82) is 0 Å². The van der Waals surface area contributed by atoms with Gasteiger partial charge in [0.25, 0.3) is 0 Å². The first-order valence-corrected chi connectivity index (χ1v) is 5.91. The summed E-state index contributed by atoms with van der Waals surface area (Å²) in [6, 6.07) is 0. The van der Waals surface area contributed by atoms with Crippen LogP contribution in [0.4, 0.5) is 13.2 Å². The third-order valence-corrected chi connectivity index (χ3v) is 3.40. The fourth-order valence-electron chi connectivity index (χ4n) is 1.21. The molecule has 1 aliphatic rings. The van der Waals surface area contributed by atoms with E-state index in [1.54, 1.807) is 11.8 Å². The van der Waals surface area contributed by atoms with Gasteiger partial charge in [-0.25, -0.2) is 0 Å². The number of aliphatic imine (C=N–C) groups is 1. The smallest absolute Gasteiger partial charge is 0.365 e. The molecule has 0 radical (unpaired) electrons. The van der Waals surface area contributed by atoms with Gasteiger partial charge in [-0.05, 0) is 12.8 Å². The van der Waals surface area contributed by atoms with Gasteiger partial charge in [-0.1, -0.05) is 18.7 Å². The number of thioether (sulfide) groups is 1. The van der Waals surface area contributed by atoms with Crippen molar-refractivity contribution < 1.29 is 13.2 Å². The molecule has 1 rings (SSSR count). The minimum absolute atomic E-state index is 0.111. The fraction of sp³-hybridized carbons (Fsp3) is 0.889. The van der Waals surface area contributed by atoms with Crippen LogP contribution in [-0.4, -0.2) is 29.7 Å². The van der Waals surface area contributed by atoms with Crippen LogP contribution in [0.5, 0.6) is 0 Å². The average molecular weight is 240 g/mol. The van der Waals surface area contributed by atoms with E-state index in [9.17, 15) is 13.2 Å². The first kappa shape index (κ1) is 12.7. The normalized spacial score (nSPS) is 21.6. The number of halogens is 3. The largest absolute Gasteiger partial charge is 0.389 e. The maximum atomic E-state index is 11.8. The van der Waals surface area contributed by atoms with E-state index in [0.717, 1.165) is 18.1 Å². The molecule has 0 aromatic heterocycles. The summed E-state index contributed by atoms with van der Waals surface area (Å²) in [6.07, 6.45) is -3.62. The number of nitrogens with one attached hydrogen (secondary N) is 1. The number of hydrogen-bond donors (Lipinski definition) is 1. The molecule has 2 nitrogen and oxygen atoms in total. The van der Waals surface area contributed by atoms with Crippen molar-refractivity contribution in [3.63, 3.8) is 0 Å². The third kappa shape index (κ3) is 5.30. The van der Waals surface area contributed by atoms with Crippen molar-refractivity contribution >= 4 is 16.9 Å². The summed E-state index contributed by atoms with van der Waals surface area (Å²) in [5.74, 6) is 0. The Balaban J connectivity index is 2.07. The highest BCUT2D eigenvalue weighted by Gasteiger charge is 2.26. The molecule has 1 heterocycles. The fourth-order valence-corrected chi connectivity index (χ4v) is 2.18. The lowest BCUT2D eigenvalue weighted by Crippen LogP contribution is -2.22. The van der Waals surface area contributed by atoms with Gasteiger partial charge in [0.1, 0.15) is 0 Å². The third-order valence-electron chi connectivity index (χ3n) is 2.09. The van der Waals surface area contributed by atoms with Gasteiger partial charge in [0.15, 0.2) is 5.17 Å². The van der Waals surface area contributed by atoms with E-state index in [2.05, 4.69) is 17.2 Å². The zero-order chi connectivity index (χ0) is 11.3. The molecule has 1 atom stereocenters. The summed E-state index contributed by atoms with van der Waals surface area (Å²) >= 11 is 1.63. The number of nitrogens with zero attached hydrogens (tertiary/aromatic N) is 1. The highest BCUT2D eigenvalue weighted by molar-refractivity contribution is 8.14. The highest BCUT2D eigenvalue weighted by atomic mass is 32.2. The lowest BCUT2D eigenvalue weighted by atomic mass is 10.3. The molecule has 0 saturated carbocycles. The Morgan fingerprint density at radius 2 is 2.27 bits per heavy atom. The number of amidine groups is 1. The molecule has 0 bridgehead atoms. The summed E-state index contributed by atoms with van der Waals surface area (Å²) in [4.78, 5) is 4.21. The first-order chi connectivity index (χ1) is 7.01. The summed E-state index contributed by atoms with van der Waals surface area (Å²) in [5, 5.41) is 4.22. The maximum absolute atomic E-state index is 11.8. The van der Waals surface area contributed by atoms with Crippen LogP contribution < -0.4 is 5.32 Å². The molecule has 0 spiro atoms. The minimum Gasteiger partial charge on any atom is -0.365 e. The van der Waals surface area contributed by atoms with E-state index in [1.165, 1.54) is 0 Å². The molecule has 6 heteroatoms. The van der Waals surface area contributed by atoms with E-state index in [4.69, 9.17) is 0 Å². The molecule has 0 fully saturated rings. The van der Waals surface area contributed by atoms with E-state index < -0.39 is 12.6 Å². The number of hydrogen-bond acceptors (Lipinski definition) is 3. The van der Waals surface area contributed by atoms with Gasteiger partial charge in [-0.15, -0.1) is 0 Å². The molecule has 1 aliphatic heterocycles. The Bertz CT molecular complexity index is 228. The average Bonchev–Trinajstić information content (AvgIpc) is 2.59. The predicted molar refractivity (Wildman–Crippen MR) is 57.3 cm³/mol. The van der Waals surface area contributed by atoms with Crippen LogP contribution in [0.1, 0.15) is 26.2 Å². The van der Waals surface area contributed by atoms with Crippen molar-refractivity contribution in [3.8, 4) is 0 Å². The van der Waals surface area contributed by atoms with Crippen molar-refractivity contribution in [2.24, 2.45) is 4.99 Å². The van der Waals surface area contributed by atoms with Crippen molar-refractivity contribution in [1.82, 2.24) is 5.32 Å². The second kappa shape index (κ2) is 5.63. The van der Waals surface area contributed by atoms with Gasteiger partial charge in [0, 0.05) is 18.2 Å². The summed E-state index contributed by atoms with van der Waals surface area (Å²) in [6.45, 7) is 3.21. The molecular formula is C9H15F3N2S. The Hall–Kier alpha value is -0.390. The zero-order valence-electron chi connectivity index (χ0n) is 8.60. The van der Waals surface area contributed by atoms with Gasteiger partial charge in [0.05, 0.1) is 6.54 Å². The van der Waals surface area contributed by atoms with E-state index in [1.807, 2.05) is 0 Å². The van der Waals surface area contributed by atoms with Gasteiger partial charge in [-0.2, -0.15) is 13.2 Å². The monoisotopic (exact) mass is 240 g/mol. The summed E-state index contributed by atoms with van der Waals surface area (Å²) in [5.41, 5.74) is 0. The van der Waals surface area contributed by atoms with E-state index in [0.29, 0.717) is 11.8 Å². The van der Waals surface area contributed by atoms with Crippen LogP contribution in [0.2, 0.25) is 0 Å². The lowest BCUT2D eigenvalue weighted by Gasteiger charge is -2.08. The number of alkyl halides is 3. The van der Waals surface area contributed by atoms with Crippen molar-refractivity contribution in [3.05, 3.63) is 0 Å². The molecule has 15 heavy (non-hydrogen) atoms. The summed E-state index contributed by atoms with van der Waals surface area (Å²) in [7, 11) is 0. The van der Waals surface area contributed by atoms with Crippen LogP contribution in [0.15, 0.2) is 4.99 Å². The minimum atomic E-state index is -4.04. The topological polar surface area (TPSA) is 24.4 Å². The van der Waals surface area contributed by atoms with Crippen LogP contribution in [-0.2, 0) is 0 Å².